The van der Waals surface area contributed by atoms with Gasteiger partial charge in [-0.15, -0.1) is 0 Å². The molecule has 280 valence electrons. The number of hydrogen-bond acceptors (Lipinski definition) is 2. The maximum Gasteiger partial charge on any atom is 0.0508 e. The topological polar surface area (TPSA) is 15.3 Å². The number of para-hydroxylation sites is 1. The average molecular weight is 739 g/mol. The van der Waals surface area contributed by atoms with Gasteiger partial charge in [-0.25, -0.2) is 0 Å². The van der Waals surface area contributed by atoms with Gasteiger partial charge in [0, 0.05) is 34.2 Å². The normalized spacial score (nSPS) is 13.5. The van der Waals surface area contributed by atoms with E-state index >= 15 is 0 Å². The zero-order valence-corrected chi connectivity index (χ0v) is 33.2. The molecule has 1 N–H and O–H groups in total. The lowest BCUT2D eigenvalue weighted by molar-refractivity contribution is 0.876. The molecule has 1 atom stereocenters. The molecule has 0 spiro atoms. The van der Waals surface area contributed by atoms with Crippen LogP contribution in [-0.2, 0) is 0 Å². The van der Waals surface area contributed by atoms with E-state index in [1.54, 1.807) is 0 Å². The van der Waals surface area contributed by atoms with Gasteiger partial charge in [-0.1, -0.05) is 164 Å². The molecule has 57 heavy (non-hydrogen) atoms. The first-order valence-electron chi connectivity index (χ1n) is 20.3. The van der Waals surface area contributed by atoms with Crippen LogP contribution in [0.4, 0.5) is 28.4 Å². The van der Waals surface area contributed by atoms with E-state index in [0.717, 1.165) is 47.7 Å². The molecule has 0 saturated carbocycles. The van der Waals surface area contributed by atoms with E-state index in [-0.39, 0.29) is 5.92 Å². The van der Waals surface area contributed by atoms with Crippen molar-refractivity contribution in [3.8, 4) is 22.3 Å². The smallest absolute Gasteiger partial charge is 0.0508 e. The second-order valence-corrected chi connectivity index (χ2v) is 14.9. The number of aryl methyl sites for hydroxylation is 1. The Kier molecular flexibility index (Phi) is 11.4. The van der Waals surface area contributed by atoms with Crippen molar-refractivity contribution < 1.29 is 0 Å². The minimum atomic E-state index is 0.191. The summed E-state index contributed by atoms with van der Waals surface area (Å²) in [5.41, 5.74) is 15.4. The Bertz CT molecular complexity index is 2580. The zero-order chi connectivity index (χ0) is 39.0. The predicted octanol–water partition coefficient (Wildman–Crippen LogP) is 16.1. The maximum absolute atomic E-state index is 3.93. The third-order valence-corrected chi connectivity index (χ3v) is 10.9. The molecule has 0 amide bonds. The monoisotopic (exact) mass is 738 g/mol. The molecule has 0 aromatic heterocycles. The fraction of sp³-hybridized carbons (Fsp3) is 0.127. The van der Waals surface area contributed by atoms with E-state index in [1.165, 1.54) is 55.3 Å². The molecule has 2 nitrogen and oxygen atoms in total. The number of nitrogens with zero attached hydrogens (tertiary/aromatic N) is 1. The van der Waals surface area contributed by atoms with Crippen molar-refractivity contribution in [2.45, 2.75) is 46.0 Å². The lowest BCUT2D eigenvalue weighted by Gasteiger charge is -2.27. The number of allylic oxidation sites excluding steroid dienone is 8. The van der Waals surface area contributed by atoms with Crippen molar-refractivity contribution in [1.29, 1.82) is 0 Å². The van der Waals surface area contributed by atoms with Gasteiger partial charge in [0.2, 0.25) is 0 Å². The van der Waals surface area contributed by atoms with Gasteiger partial charge < -0.3 is 10.2 Å². The van der Waals surface area contributed by atoms with Gasteiger partial charge in [-0.3, -0.25) is 0 Å². The van der Waals surface area contributed by atoms with Crippen molar-refractivity contribution in [1.82, 2.24) is 0 Å². The number of nitrogens with one attached hydrogen (secondary N) is 1. The van der Waals surface area contributed by atoms with Crippen LogP contribution >= 0.6 is 0 Å². The first-order valence-corrected chi connectivity index (χ1v) is 20.3. The van der Waals surface area contributed by atoms with Gasteiger partial charge >= 0.3 is 0 Å². The molecule has 8 rings (SSSR count). The van der Waals surface area contributed by atoms with Crippen LogP contribution in [0.2, 0.25) is 0 Å². The lowest BCUT2D eigenvalue weighted by Crippen LogP contribution is -2.10. The third-order valence-electron chi connectivity index (χ3n) is 10.9. The average Bonchev–Trinajstić information content (AvgIpc) is 3.55. The van der Waals surface area contributed by atoms with Crippen LogP contribution in [0.5, 0.6) is 0 Å². The zero-order valence-electron chi connectivity index (χ0n) is 33.2. The molecular formula is C55H50N2. The standard InChI is InChI=1S/C55H50N2/c1-4-5-9-18-41(3)50-37-38-53(54(44-20-10-6-7-11-21-44)55(50)56-46-24-12-8-13-25-46)45-23-16-26-49(39-45)57(47-33-29-40(2)30-34-47)48-35-31-43(32-36-48)52-28-17-22-42-19-14-15-27-51(42)52/h4-5,8-10,12-39,41,56H,6-7,11H2,1-3H3/b5-4-,18-9-. The second kappa shape index (κ2) is 17.4. The molecule has 7 aromatic carbocycles. The number of rotatable bonds is 11. The summed E-state index contributed by atoms with van der Waals surface area (Å²) in [5.74, 6) is 0.191. The van der Waals surface area contributed by atoms with Crippen molar-refractivity contribution in [2.75, 3.05) is 10.2 Å². The molecule has 1 aliphatic rings. The van der Waals surface area contributed by atoms with Crippen molar-refractivity contribution in [3.05, 3.63) is 217 Å². The van der Waals surface area contributed by atoms with Crippen molar-refractivity contribution in [2.24, 2.45) is 0 Å². The first kappa shape index (κ1) is 37.3. The van der Waals surface area contributed by atoms with E-state index in [1.807, 2.05) is 0 Å². The molecule has 0 radical (unpaired) electrons. The minimum Gasteiger partial charge on any atom is -0.355 e. The van der Waals surface area contributed by atoms with Gasteiger partial charge in [-0.2, -0.15) is 0 Å². The molecule has 0 saturated heterocycles. The van der Waals surface area contributed by atoms with Gasteiger partial charge in [-0.05, 0) is 126 Å². The van der Waals surface area contributed by atoms with Crippen LogP contribution in [0.3, 0.4) is 0 Å². The number of fused-ring (bicyclic) bond motifs is 1. The highest BCUT2D eigenvalue weighted by atomic mass is 15.1. The second-order valence-electron chi connectivity index (χ2n) is 14.9. The summed E-state index contributed by atoms with van der Waals surface area (Å²) in [4.78, 5) is 2.38. The summed E-state index contributed by atoms with van der Waals surface area (Å²) >= 11 is 0. The SMILES string of the molecule is C/C=C\C=C/C(C)c1ccc(-c2cccc(N(c3ccc(C)cc3)c3ccc(-c4cccc5ccccc45)cc3)c2)c(C2=CCCCC=C2)c1Nc1ccccc1. The predicted molar refractivity (Wildman–Crippen MR) is 247 cm³/mol. The Labute approximate surface area is 338 Å². The molecule has 7 aromatic rings. The minimum absolute atomic E-state index is 0.191. The highest BCUT2D eigenvalue weighted by Gasteiger charge is 2.22. The first-order chi connectivity index (χ1) is 28.1. The molecular weight excluding hydrogens is 689 g/mol. The summed E-state index contributed by atoms with van der Waals surface area (Å²) < 4.78 is 0. The van der Waals surface area contributed by atoms with Crippen molar-refractivity contribution in [3.63, 3.8) is 0 Å². The Balaban J connectivity index is 1.28. The molecule has 1 unspecified atom stereocenters. The Morgan fingerprint density at radius 1 is 0.632 bits per heavy atom. The fourth-order valence-corrected chi connectivity index (χ4v) is 7.96. The van der Waals surface area contributed by atoms with Crippen LogP contribution in [-0.4, -0.2) is 0 Å². The van der Waals surface area contributed by atoms with E-state index in [2.05, 4.69) is 231 Å². The molecule has 0 fully saturated rings. The quantitative estimate of drug-likeness (QED) is 0.133. The molecule has 0 bridgehead atoms. The van der Waals surface area contributed by atoms with E-state index in [9.17, 15) is 0 Å². The fourth-order valence-electron chi connectivity index (χ4n) is 7.96. The highest BCUT2D eigenvalue weighted by Crippen LogP contribution is 2.45. The van der Waals surface area contributed by atoms with Crippen LogP contribution in [0.15, 0.2) is 200 Å². The molecule has 0 heterocycles. The van der Waals surface area contributed by atoms with E-state index < -0.39 is 0 Å². The Hall–Kier alpha value is -6.64. The number of hydrogen-bond donors (Lipinski definition) is 1. The van der Waals surface area contributed by atoms with Crippen LogP contribution in [0.25, 0.3) is 38.6 Å². The lowest BCUT2D eigenvalue weighted by atomic mass is 9.86. The highest BCUT2D eigenvalue weighted by molar-refractivity contribution is 5.98. The Morgan fingerprint density at radius 3 is 2.18 bits per heavy atom. The molecule has 0 aliphatic heterocycles. The van der Waals surface area contributed by atoms with Crippen molar-refractivity contribution >= 4 is 44.8 Å². The third kappa shape index (κ3) is 8.32. The Morgan fingerprint density at radius 2 is 1.37 bits per heavy atom. The van der Waals surface area contributed by atoms with Gasteiger partial charge in [0.25, 0.3) is 0 Å². The summed E-state index contributed by atoms with van der Waals surface area (Å²) in [5, 5.41) is 6.44. The van der Waals surface area contributed by atoms with Gasteiger partial charge in [0.15, 0.2) is 0 Å². The van der Waals surface area contributed by atoms with Crippen LogP contribution in [0, 0.1) is 6.92 Å². The van der Waals surface area contributed by atoms with E-state index in [4.69, 9.17) is 0 Å². The molecule has 1 aliphatic carbocycles. The number of benzene rings is 7. The van der Waals surface area contributed by atoms with E-state index in [0.29, 0.717) is 0 Å². The van der Waals surface area contributed by atoms with Gasteiger partial charge in [0.05, 0.1) is 5.69 Å². The summed E-state index contributed by atoms with van der Waals surface area (Å²) in [6, 6.07) is 57.4. The molecule has 2 heteroatoms. The summed E-state index contributed by atoms with van der Waals surface area (Å²) in [6.07, 6.45) is 19.0. The number of anilines is 5. The van der Waals surface area contributed by atoms with Crippen LogP contribution < -0.4 is 10.2 Å². The maximum atomic E-state index is 3.93. The summed E-state index contributed by atoms with van der Waals surface area (Å²) in [7, 11) is 0. The van der Waals surface area contributed by atoms with Gasteiger partial charge in [0.1, 0.15) is 0 Å². The van der Waals surface area contributed by atoms with Crippen LogP contribution in [0.1, 0.15) is 55.7 Å². The summed E-state index contributed by atoms with van der Waals surface area (Å²) in [6.45, 7) is 6.50. The largest absolute Gasteiger partial charge is 0.355 e.